The SMILES string of the molecule is Cc1sc2ncnc(N3CCC(NC4C=CS(=O)(=O)C4)CC3)c2c1C. The number of aryl methyl sites for hydroxylation is 2. The molecule has 6 nitrogen and oxygen atoms in total. The smallest absolute Gasteiger partial charge is 0.173 e. The highest BCUT2D eigenvalue weighted by atomic mass is 32.2. The third-order valence-corrected chi connectivity index (χ3v) is 7.63. The van der Waals surface area contributed by atoms with E-state index < -0.39 is 9.84 Å². The van der Waals surface area contributed by atoms with Crippen LogP contribution >= 0.6 is 11.3 Å². The lowest BCUT2D eigenvalue weighted by Gasteiger charge is -2.34. The Morgan fingerprint density at radius 3 is 2.68 bits per heavy atom. The summed E-state index contributed by atoms with van der Waals surface area (Å²) in [5.74, 6) is 1.22. The first-order valence-corrected chi connectivity index (χ1v) is 11.1. The molecule has 1 fully saturated rings. The van der Waals surface area contributed by atoms with Gasteiger partial charge in [-0.2, -0.15) is 0 Å². The van der Waals surface area contributed by atoms with Gasteiger partial charge < -0.3 is 10.2 Å². The number of thiophene rings is 1. The second kappa shape index (κ2) is 6.34. The van der Waals surface area contributed by atoms with E-state index in [0.29, 0.717) is 6.04 Å². The van der Waals surface area contributed by atoms with Crippen LogP contribution in [-0.2, 0) is 9.84 Å². The van der Waals surface area contributed by atoms with Gasteiger partial charge in [0.15, 0.2) is 9.84 Å². The molecule has 0 spiro atoms. The van der Waals surface area contributed by atoms with Crippen LogP contribution in [0.5, 0.6) is 0 Å². The summed E-state index contributed by atoms with van der Waals surface area (Å²) >= 11 is 1.72. The number of anilines is 1. The number of sulfone groups is 1. The molecule has 1 unspecified atom stereocenters. The highest BCUT2D eigenvalue weighted by Gasteiger charge is 2.27. The van der Waals surface area contributed by atoms with Crippen molar-refractivity contribution in [2.75, 3.05) is 23.7 Å². The maximum atomic E-state index is 11.5. The van der Waals surface area contributed by atoms with Gasteiger partial charge in [0, 0.05) is 35.5 Å². The van der Waals surface area contributed by atoms with Crippen LogP contribution < -0.4 is 10.2 Å². The summed E-state index contributed by atoms with van der Waals surface area (Å²) in [6.45, 7) is 6.11. The van der Waals surface area contributed by atoms with Crippen LogP contribution in [-0.4, -0.2) is 49.3 Å². The lowest BCUT2D eigenvalue weighted by Crippen LogP contribution is -2.46. The van der Waals surface area contributed by atoms with Crippen LogP contribution in [0.25, 0.3) is 10.2 Å². The van der Waals surface area contributed by atoms with Crippen molar-refractivity contribution in [3.8, 4) is 0 Å². The third-order valence-electron chi connectivity index (χ3n) is 5.12. The maximum Gasteiger partial charge on any atom is 0.173 e. The first kappa shape index (κ1) is 16.9. The van der Waals surface area contributed by atoms with E-state index in [4.69, 9.17) is 0 Å². The van der Waals surface area contributed by atoms with Crippen molar-refractivity contribution >= 4 is 37.2 Å². The molecule has 0 amide bonds. The summed E-state index contributed by atoms with van der Waals surface area (Å²) < 4.78 is 23.1. The van der Waals surface area contributed by atoms with Crippen molar-refractivity contribution in [2.24, 2.45) is 0 Å². The highest BCUT2D eigenvalue weighted by molar-refractivity contribution is 7.94. The number of hydrogen-bond donors (Lipinski definition) is 1. The van der Waals surface area contributed by atoms with E-state index >= 15 is 0 Å². The number of fused-ring (bicyclic) bond motifs is 1. The van der Waals surface area contributed by atoms with Gasteiger partial charge in [0.1, 0.15) is 17.0 Å². The van der Waals surface area contributed by atoms with Crippen molar-refractivity contribution in [3.63, 3.8) is 0 Å². The van der Waals surface area contributed by atoms with Crippen molar-refractivity contribution < 1.29 is 8.42 Å². The van der Waals surface area contributed by atoms with Gasteiger partial charge in [-0.25, -0.2) is 18.4 Å². The number of piperidine rings is 1. The van der Waals surface area contributed by atoms with E-state index in [1.165, 1.54) is 21.2 Å². The highest BCUT2D eigenvalue weighted by Crippen LogP contribution is 2.35. The molecule has 8 heteroatoms. The average molecular weight is 379 g/mol. The van der Waals surface area contributed by atoms with Crippen LogP contribution in [0.1, 0.15) is 23.3 Å². The molecule has 1 atom stereocenters. The number of rotatable bonds is 3. The quantitative estimate of drug-likeness (QED) is 0.882. The number of aromatic nitrogens is 2. The summed E-state index contributed by atoms with van der Waals surface area (Å²) in [6.07, 6.45) is 5.40. The molecule has 25 heavy (non-hydrogen) atoms. The fourth-order valence-corrected chi connectivity index (χ4v) is 5.88. The Balaban J connectivity index is 1.45. The van der Waals surface area contributed by atoms with Gasteiger partial charge in [-0.15, -0.1) is 11.3 Å². The van der Waals surface area contributed by atoms with E-state index in [-0.39, 0.29) is 11.8 Å². The molecule has 134 valence electrons. The summed E-state index contributed by atoms with van der Waals surface area (Å²) in [5.41, 5.74) is 1.28. The van der Waals surface area contributed by atoms with Gasteiger partial charge >= 0.3 is 0 Å². The third kappa shape index (κ3) is 3.30. The molecule has 0 aliphatic carbocycles. The fourth-order valence-electron chi connectivity index (χ4n) is 3.64. The van der Waals surface area contributed by atoms with Crippen LogP contribution in [0.15, 0.2) is 17.8 Å². The van der Waals surface area contributed by atoms with Gasteiger partial charge in [-0.1, -0.05) is 6.08 Å². The molecule has 2 aromatic heterocycles. The second-order valence-corrected chi connectivity index (χ2v) is 9.99. The molecule has 2 aromatic rings. The predicted molar refractivity (Wildman–Crippen MR) is 102 cm³/mol. The number of hydrogen-bond acceptors (Lipinski definition) is 7. The Morgan fingerprint density at radius 2 is 2.00 bits per heavy atom. The standard InChI is InChI=1S/C17H22N4O2S2/c1-11-12(2)24-17-15(11)16(18-10-19-17)21-6-3-13(4-7-21)20-14-5-8-25(22,23)9-14/h5,8,10,13-14,20H,3-4,6-7,9H2,1-2H3. The Labute approximate surface area is 151 Å². The largest absolute Gasteiger partial charge is 0.356 e. The van der Waals surface area contributed by atoms with Gasteiger partial charge in [0.25, 0.3) is 0 Å². The minimum Gasteiger partial charge on any atom is -0.356 e. The minimum atomic E-state index is -3.00. The predicted octanol–water partition coefficient (Wildman–Crippen LogP) is 2.18. The fraction of sp³-hybridized carbons (Fsp3) is 0.529. The molecular weight excluding hydrogens is 356 g/mol. The van der Waals surface area contributed by atoms with E-state index in [1.807, 2.05) is 0 Å². The van der Waals surface area contributed by atoms with E-state index in [2.05, 4.69) is 34.0 Å². The molecule has 4 rings (SSSR count). The van der Waals surface area contributed by atoms with Crippen LogP contribution in [0.2, 0.25) is 0 Å². The normalized spacial score (nSPS) is 23.6. The molecule has 0 aromatic carbocycles. The van der Waals surface area contributed by atoms with Crippen LogP contribution in [0.3, 0.4) is 0 Å². The molecule has 2 aliphatic heterocycles. The average Bonchev–Trinajstić information content (AvgIpc) is 3.07. The zero-order chi connectivity index (χ0) is 17.6. The lowest BCUT2D eigenvalue weighted by molar-refractivity contribution is 0.400. The van der Waals surface area contributed by atoms with Gasteiger partial charge in [0.05, 0.1) is 11.1 Å². The molecule has 4 heterocycles. The Hall–Kier alpha value is -1.51. The zero-order valence-corrected chi connectivity index (χ0v) is 16.0. The van der Waals surface area contributed by atoms with Crippen molar-refractivity contribution in [2.45, 2.75) is 38.8 Å². The summed E-state index contributed by atoms with van der Waals surface area (Å²) in [5, 5.41) is 5.99. The lowest BCUT2D eigenvalue weighted by atomic mass is 10.0. The van der Waals surface area contributed by atoms with E-state index in [9.17, 15) is 8.42 Å². The van der Waals surface area contributed by atoms with Crippen molar-refractivity contribution in [1.82, 2.24) is 15.3 Å². The number of nitrogens with zero attached hydrogens (tertiary/aromatic N) is 3. The minimum absolute atomic E-state index is 0.0472. The first-order valence-electron chi connectivity index (χ1n) is 8.55. The molecule has 1 saturated heterocycles. The summed E-state index contributed by atoms with van der Waals surface area (Å²) in [6, 6.07) is 0.302. The number of nitrogens with one attached hydrogen (secondary N) is 1. The van der Waals surface area contributed by atoms with Crippen LogP contribution in [0.4, 0.5) is 5.82 Å². The van der Waals surface area contributed by atoms with Gasteiger partial charge in [-0.05, 0) is 32.3 Å². The Bertz CT molecular complexity index is 928. The van der Waals surface area contributed by atoms with E-state index in [1.54, 1.807) is 23.7 Å². The zero-order valence-electron chi connectivity index (χ0n) is 14.4. The summed E-state index contributed by atoms with van der Waals surface area (Å²) in [7, 11) is -3.00. The second-order valence-electron chi connectivity index (χ2n) is 6.85. The molecule has 0 bridgehead atoms. The summed E-state index contributed by atoms with van der Waals surface area (Å²) in [4.78, 5) is 13.7. The van der Waals surface area contributed by atoms with Gasteiger partial charge in [-0.3, -0.25) is 0 Å². The first-order chi connectivity index (χ1) is 11.9. The van der Waals surface area contributed by atoms with Gasteiger partial charge in [0.2, 0.25) is 0 Å². The Morgan fingerprint density at radius 1 is 1.24 bits per heavy atom. The Kier molecular flexibility index (Phi) is 4.29. The topological polar surface area (TPSA) is 75.2 Å². The van der Waals surface area contributed by atoms with E-state index in [0.717, 1.165) is 36.6 Å². The monoisotopic (exact) mass is 378 g/mol. The maximum absolute atomic E-state index is 11.5. The molecule has 0 radical (unpaired) electrons. The molecular formula is C17H22N4O2S2. The molecule has 0 saturated carbocycles. The molecule has 1 N–H and O–H groups in total. The van der Waals surface area contributed by atoms with Crippen molar-refractivity contribution in [1.29, 1.82) is 0 Å². The van der Waals surface area contributed by atoms with Crippen molar-refractivity contribution in [3.05, 3.63) is 28.3 Å². The molecule has 2 aliphatic rings. The van der Waals surface area contributed by atoms with Crippen LogP contribution in [0, 0.1) is 13.8 Å².